The number of urea groups is 1. The van der Waals surface area contributed by atoms with Crippen LogP contribution in [0.3, 0.4) is 0 Å². The standard InChI is InChI=1S/C24H26N4O4/c1-24(14-13-17-8-3-2-4-9-17)22(31)28(23(32)26-24)16-20(29)25-18-10-5-6-11-19(18)27-15-7-12-21(27)30/h2-6,8-11H,7,12-16H2,1H3,(H,25,29)(H,26,32)/t24-/m0/s1. The van der Waals surface area contributed by atoms with Gasteiger partial charge in [-0.15, -0.1) is 0 Å². The summed E-state index contributed by atoms with van der Waals surface area (Å²) in [6.07, 6.45) is 2.30. The van der Waals surface area contributed by atoms with Crippen molar-refractivity contribution in [2.45, 2.75) is 38.1 Å². The predicted molar refractivity (Wildman–Crippen MR) is 120 cm³/mol. The fraction of sp³-hybridized carbons (Fsp3) is 0.333. The molecule has 8 nitrogen and oxygen atoms in total. The molecule has 166 valence electrons. The monoisotopic (exact) mass is 434 g/mol. The van der Waals surface area contributed by atoms with Gasteiger partial charge < -0.3 is 15.5 Å². The fourth-order valence-electron chi connectivity index (χ4n) is 4.15. The lowest BCUT2D eigenvalue weighted by atomic mass is 9.93. The van der Waals surface area contributed by atoms with Crippen LogP contribution in [0.15, 0.2) is 54.6 Å². The average molecular weight is 434 g/mol. The molecule has 0 unspecified atom stereocenters. The van der Waals surface area contributed by atoms with Gasteiger partial charge in [0.2, 0.25) is 11.8 Å². The van der Waals surface area contributed by atoms with Gasteiger partial charge in [-0.2, -0.15) is 0 Å². The van der Waals surface area contributed by atoms with Crippen LogP contribution in [0.5, 0.6) is 0 Å². The van der Waals surface area contributed by atoms with Crippen LogP contribution in [0.2, 0.25) is 0 Å². The van der Waals surface area contributed by atoms with Crippen molar-refractivity contribution in [3.8, 4) is 0 Å². The molecule has 0 bridgehead atoms. The minimum Gasteiger partial charge on any atom is -0.323 e. The van der Waals surface area contributed by atoms with E-state index < -0.39 is 29.9 Å². The number of hydrogen-bond acceptors (Lipinski definition) is 4. The van der Waals surface area contributed by atoms with Crippen molar-refractivity contribution >= 4 is 35.1 Å². The second-order valence-electron chi connectivity index (χ2n) is 8.35. The third kappa shape index (κ3) is 4.34. The molecule has 2 saturated heterocycles. The van der Waals surface area contributed by atoms with Gasteiger partial charge in [-0.05, 0) is 43.9 Å². The van der Waals surface area contributed by atoms with Gasteiger partial charge in [0.15, 0.2) is 0 Å². The van der Waals surface area contributed by atoms with Gasteiger partial charge in [0, 0.05) is 13.0 Å². The van der Waals surface area contributed by atoms with Gasteiger partial charge in [0.25, 0.3) is 5.91 Å². The molecular weight excluding hydrogens is 408 g/mol. The molecule has 2 N–H and O–H groups in total. The Labute approximate surface area is 186 Å². The fourth-order valence-corrected chi connectivity index (χ4v) is 4.15. The number of carbonyl (C=O) groups excluding carboxylic acids is 4. The highest BCUT2D eigenvalue weighted by Crippen LogP contribution is 2.29. The molecule has 2 aromatic rings. The topological polar surface area (TPSA) is 98.8 Å². The Morgan fingerprint density at radius 1 is 1.06 bits per heavy atom. The summed E-state index contributed by atoms with van der Waals surface area (Å²) < 4.78 is 0. The number of benzene rings is 2. The van der Waals surface area contributed by atoms with Gasteiger partial charge in [0.1, 0.15) is 12.1 Å². The van der Waals surface area contributed by atoms with E-state index in [1.54, 1.807) is 36.1 Å². The molecule has 1 atom stereocenters. The Hall–Kier alpha value is -3.68. The first-order valence-electron chi connectivity index (χ1n) is 10.7. The summed E-state index contributed by atoms with van der Waals surface area (Å²) in [6, 6.07) is 16.2. The van der Waals surface area contributed by atoms with Crippen LogP contribution in [-0.4, -0.2) is 47.3 Å². The van der Waals surface area contributed by atoms with E-state index in [0.717, 1.165) is 16.9 Å². The molecule has 4 rings (SSSR count). The van der Waals surface area contributed by atoms with Crippen molar-refractivity contribution in [1.82, 2.24) is 10.2 Å². The van der Waals surface area contributed by atoms with Gasteiger partial charge >= 0.3 is 6.03 Å². The van der Waals surface area contributed by atoms with Gasteiger partial charge in [-0.1, -0.05) is 42.5 Å². The summed E-state index contributed by atoms with van der Waals surface area (Å²) in [7, 11) is 0. The Kier molecular flexibility index (Phi) is 5.94. The summed E-state index contributed by atoms with van der Waals surface area (Å²) in [5.74, 6) is -0.911. The molecule has 2 heterocycles. The number of para-hydroxylation sites is 2. The summed E-state index contributed by atoms with van der Waals surface area (Å²) in [4.78, 5) is 52.9. The number of rotatable bonds is 7. The van der Waals surface area contributed by atoms with E-state index in [0.29, 0.717) is 37.2 Å². The zero-order valence-electron chi connectivity index (χ0n) is 18.0. The van der Waals surface area contributed by atoms with Crippen molar-refractivity contribution in [2.75, 3.05) is 23.3 Å². The quantitative estimate of drug-likeness (QED) is 0.655. The molecule has 8 heteroatoms. The smallest absolute Gasteiger partial charge is 0.323 e. The molecule has 0 saturated carbocycles. The van der Waals surface area contributed by atoms with Crippen LogP contribution in [0.25, 0.3) is 0 Å². The van der Waals surface area contributed by atoms with E-state index >= 15 is 0 Å². The van der Waals surface area contributed by atoms with Crippen molar-refractivity contribution in [3.63, 3.8) is 0 Å². The minimum absolute atomic E-state index is 0.00924. The molecule has 32 heavy (non-hydrogen) atoms. The molecule has 2 aliphatic heterocycles. The summed E-state index contributed by atoms with van der Waals surface area (Å²) in [5.41, 5.74) is 1.10. The van der Waals surface area contributed by atoms with Crippen molar-refractivity contribution < 1.29 is 19.2 Å². The van der Waals surface area contributed by atoms with Crippen molar-refractivity contribution in [1.29, 1.82) is 0 Å². The number of aryl methyl sites for hydroxylation is 1. The SMILES string of the molecule is C[C@@]1(CCc2ccccc2)NC(=O)N(CC(=O)Nc2ccccc2N2CCCC2=O)C1=O. The minimum atomic E-state index is -1.06. The molecule has 0 radical (unpaired) electrons. The molecule has 2 fully saturated rings. The zero-order chi connectivity index (χ0) is 22.7. The highest BCUT2D eigenvalue weighted by Gasteiger charge is 2.47. The summed E-state index contributed by atoms with van der Waals surface area (Å²) >= 11 is 0. The molecule has 2 aromatic carbocycles. The van der Waals surface area contributed by atoms with Gasteiger partial charge in [-0.25, -0.2) is 4.79 Å². The summed E-state index contributed by atoms with van der Waals surface area (Å²) in [5, 5.41) is 5.49. The average Bonchev–Trinajstić information content (AvgIpc) is 3.30. The second-order valence-corrected chi connectivity index (χ2v) is 8.35. The van der Waals surface area contributed by atoms with E-state index in [9.17, 15) is 19.2 Å². The number of hydrogen-bond donors (Lipinski definition) is 2. The highest BCUT2D eigenvalue weighted by molar-refractivity contribution is 6.10. The van der Waals surface area contributed by atoms with Crippen LogP contribution in [0.4, 0.5) is 16.2 Å². The van der Waals surface area contributed by atoms with Crippen molar-refractivity contribution in [2.24, 2.45) is 0 Å². The molecule has 5 amide bonds. The maximum Gasteiger partial charge on any atom is 0.325 e. The first kappa shape index (κ1) is 21.5. The van der Waals surface area contributed by atoms with Crippen molar-refractivity contribution in [3.05, 3.63) is 60.2 Å². The Morgan fingerprint density at radius 3 is 2.50 bits per heavy atom. The van der Waals surface area contributed by atoms with Gasteiger partial charge in [-0.3, -0.25) is 19.3 Å². The second kappa shape index (κ2) is 8.82. The van der Waals surface area contributed by atoms with E-state index in [-0.39, 0.29) is 5.91 Å². The number of nitrogens with zero attached hydrogens (tertiary/aromatic N) is 2. The number of nitrogens with one attached hydrogen (secondary N) is 2. The lowest BCUT2D eigenvalue weighted by Gasteiger charge is -2.22. The van der Waals surface area contributed by atoms with E-state index in [1.165, 1.54) is 0 Å². The predicted octanol–water partition coefficient (Wildman–Crippen LogP) is 2.70. The number of amides is 5. The molecule has 0 aliphatic carbocycles. The number of carbonyl (C=O) groups is 4. The van der Waals surface area contributed by atoms with E-state index in [2.05, 4.69) is 10.6 Å². The molecular formula is C24H26N4O4. The maximum absolute atomic E-state index is 13.0. The first-order chi connectivity index (χ1) is 15.4. The van der Waals surface area contributed by atoms with Crippen LogP contribution in [0, 0.1) is 0 Å². The van der Waals surface area contributed by atoms with Crippen LogP contribution >= 0.6 is 0 Å². The highest BCUT2D eigenvalue weighted by atomic mass is 16.2. The van der Waals surface area contributed by atoms with Crippen LogP contribution < -0.4 is 15.5 Å². The third-order valence-corrected chi connectivity index (χ3v) is 5.95. The Morgan fingerprint density at radius 2 is 1.78 bits per heavy atom. The van der Waals surface area contributed by atoms with E-state index in [4.69, 9.17) is 0 Å². The molecule has 0 aromatic heterocycles. The number of imide groups is 1. The lowest BCUT2D eigenvalue weighted by Crippen LogP contribution is -2.45. The van der Waals surface area contributed by atoms with Crippen LogP contribution in [0.1, 0.15) is 31.7 Å². The zero-order valence-corrected chi connectivity index (χ0v) is 18.0. The maximum atomic E-state index is 13.0. The molecule has 0 spiro atoms. The normalized spacial score (nSPS) is 20.6. The van der Waals surface area contributed by atoms with Crippen LogP contribution in [-0.2, 0) is 20.8 Å². The Balaban J connectivity index is 1.41. The Bertz CT molecular complexity index is 1050. The number of anilines is 2. The summed E-state index contributed by atoms with van der Waals surface area (Å²) in [6.45, 7) is 1.88. The van der Waals surface area contributed by atoms with E-state index in [1.807, 2.05) is 30.3 Å². The largest absolute Gasteiger partial charge is 0.325 e. The third-order valence-electron chi connectivity index (χ3n) is 5.95. The first-order valence-corrected chi connectivity index (χ1v) is 10.7. The molecule has 2 aliphatic rings. The lowest BCUT2D eigenvalue weighted by molar-refractivity contribution is -0.133. The van der Waals surface area contributed by atoms with Gasteiger partial charge in [0.05, 0.1) is 11.4 Å².